The van der Waals surface area contributed by atoms with Gasteiger partial charge in [-0.1, -0.05) is 91.0 Å². The zero-order valence-corrected chi connectivity index (χ0v) is 22.8. The van der Waals surface area contributed by atoms with E-state index in [1.54, 1.807) is 48.5 Å². The van der Waals surface area contributed by atoms with Gasteiger partial charge in [0.2, 0.25) is 15.7 Å². The summed E-state index contributed by atoms with van der Waals surface area (Å²) in [6.07, 6.45) is 0. The minimum Gasteiger partial charge on any atom is -0.378 e. The summed E-state index contributed by atoms with van der Waals surface area (Å²) in [5.41, 5.74) is 9.10. The van der Waals surface area contributed by atoms with E-state index in [0.29, 0.717) is 5.56 Å². The average Bonchev–Trinajstić information content (AvgIpc) is 3.01. The number of anilines is 2. The van der Waals surface area contributed by atoms with Crippen LogP contribution in [0.25, 0.3) is 11.1 Å². The summed E-state index contributed by atoms with van der Waals surface area (Å²) in [6.45, 7) is 0.211. The normalized spacial score (nSPS) is 11.0. The first-order valence-electron chi connectivity index (χ1n) is 12.9. The Kier molecular flexibility index (Phi) is 7.94. The number of sulfone groups is 1. The molecule has 8 heteroatoms. The van der Waals surface area contributed by atoms with Gasteiger partial charge in [-0.2, -0.15) is 0 Å². The van der Waals surface area contributed by atoms with E-state index in [-0.39, 0.29) is 33.3 Å². The van der Waals surface area contributed by atoms with E-state index in [1.165, 1.54) is 24.3 Å². The summed E-state index contributed by atoms with van der Waals surface area (Å²) in [6, 6.07) is 36.9. The Bertz CT molecular complexity index is 1790. The Labute approximate surface area is 238 Å². The third-order valence-corrected chi connectivity index (χ3v) is 8.41. The number of hydrogen-bond donors (Lipinski definition) is 3. The summed E-state index contributed by atoms with van der Waals surface area (Å²) in [4.78, 5) is 25.3. The van der Waals surface area contributed by atoms with E-state index >= 15 is 0 Å². The van der Waals surface area contributed by atoms with Gasteiger partial charge in [0.1, 0.15) is 4.90 Å². The highest BCUT2D eigenvalue weighted by Gasteiger charge is 2.29. The lowest BCUT2D eigenvalue weighted by atomic mass is 10.0. The minimum atomic E-state index is -4.23. The molecule has 0 bridgehead atoms. The number of nitrogens with one attached hydrogen (secondary N) is 2. The predicted octanol–water partition coefficient (Wildman–Crippen LogP) is 6.15. The Morgan fingerprint density at radius 2 is 1.22 bits per heavy atom. The Morgan fingerprint density at radius 1 is 0.659 bits per heavy atom. The van der Waals surface area contributed by atoms with Crippen molar-refractivity contribution in [1.82, 2.24) is 0 Å². The van der Waals surface area contributed by atoms with E-state index < -0.39 is 21.7 Å². The van der Waals surface area contributed by atoms with Gasteiger partial charge in [-0.15, -0.1) is 0 Å². The summed E-state index contributed by atoms with van der Waals surface area (Å²) in [5.74, 6) is -1.34. The quantitative estimate of drug-likeness (QED) is 0.200. The van der Waals surface area contributed by atoms with Crippen molar-refractivity contribution in [2.24, 2.45) is 5.73 Å². The van der Waals surface area contributed by atoms with Crippen molar-refractivity contribution in [1.29, 1.82) is 0 Å². The molecule has 2 amide bonds. The molecule has 5 rings (SSSR count). The molecule has 4 N–H and O–H groups in total. The molecule has 0 aliphatic carbocycles. The highest BCUT2D eigenvalue weighted by molar-refractivity contribution is 7.91. The topological polar surface area (TPSA) is 118 Å². The lowest BCUT2D eigenvalue weighted by Gasteiger charge is -2.20. The van der Waals surface area contributed by atoms with Gasteiger partial charge in [0.25, 0.3) is 5.91 Å². The number of benzene rings is 5. The second-order valence-electron chi connectivity index (χ2n) is 9.28. The highest BCUT2D eigenvalue weighted by atomic mass is 32.2. The third-order valence-electron chi connectivity index (χ3n) is 6.56. The molecule has 0 radical (unpaired) electrons. The van der Waals surface area contributed by atoms with E-state index in [4.69, 9.17) is 5.73 Å². The molecule has 0 spiro atoms. The van der Waals surface area contributed by atoms with Crippen LogP contribution in [0.15, 0.2) is 137 Å². The van der Waals surface area contributed by atoms with Gasteiger partial charge >= 0.3 is 0 Å². The number of nitrogens with two attached hydrogens (primary N) is 1. The Morgan fingerprint density at radius 3 is 1.83 bits per heavy atom. The van der Waals surface area contributed by atoms with Crippen LogP contribution in [0.3, 0.4) is 0 Å². The molecule has 41 heavy (non-hydrogen) atoms. The van der Waals surface area contributed by atoms with Crippen molar-refractivity contribution < 1.29 is 18.0 Å². The van der Waals surface area contributed by atoms with Crippen LogP contribution in [0, 0.1) is 0 Å². The number of carbonyl (C=O) groups is 2. The smallest absolute Gasteiger partial charge is 0.255 e. The van der Waals surface area contributed by atoms with E-state index in [2.05, 4.69) is 10.6 Å². The first-order chi connectivity index (χ1) is 19.8. The van der Waals surface area contributed by atoms with Crippen LogP contribution < -0.4 is 16.4 Å². The molecule has 7 nitrogen and oxygen atoms in total. The number of rotatable bonds is 9. The first kappa shape index (κ1) is 27.4. The first-order valence-corrected chi connectivity index (χ1v) is 14.3. The molecule has 0 saturated carbocycles. The summed E-state index contributed by atoms with van der Waals surface area (Å²) >= 11 is 0. The van der Waals surface area contributed by atoms with Gasteiger partial charge in [0, 0.05) is 12.1 Å². The molecule has 0 saturated heterocycles. The van der Waals surface area contributed by atoms with Crippen molar-refractivity contribution in [3.05, 3.63) is 144 Å². The largest absolute Gasteiger partial charge is 0.378 e. The minimum absolute atomic E-state index is 0.00991. The lowest BCUT2D eigenvalue weighted by molar-refractivity contribution is 0.0995. The van der Waals surface area contributed by atoms with Crippen molar-refractivity contribution in [2.45, 2.75) is 16.3 Å². The fourth-order valence-electron chi connectivity index (χ4n) is 4.47. The summed E-state index contributed by atoms with van der Waals surface area (Å²) < 4.78 is 27.9. The monoisotopic (exact) mass is 561 g/mol. The molecular formula is C33H27N3O4S. The van der Waals surface area contributed by atoms with Crippen LogP contribution in [0.1, 0.15) is 26.3 Å². The van der Waals surface area contributed by atoms with Gasteiger partial charge in [-0.05, 0) is 53.1 Å². The van der Waals surface area contributed by atoms with Crippen LogP contribution in [-0.4, -0.2) is 20.2 Å². The second kappa shape index (κ2) is 11.9. The van der Waals surface area contributed by atoms with Crippen molar-refractivity contribution in [2.75, 3.05) is 10.6 Å². The maximum atomic E-state index is 13.9. The molecule has 0 aromatic heterocycles. The Hall–Kier alpha value is -5.21. The van der Waals surface area contributed by atoms with E-state index in [0.717, 1.165) is 16.7 Å². The molecule has 5 aromatic carbocycles. The van der Waals surface area contributed by atoms with E-state index in [1.807, 2.05) is 54.6 Å². The van der Waals surface area contributed by atoms with Gasteiger partial charge < -0.3 is 16.4 Å². The third kappa shape index (κ3) is 6.03. The predicted molar refractivity (Wildman–Crippen MR) is 160 cm³/mol. The summed E-state index contributed by atoms with van der Waals surface area (Å²) in [5, 5.41) is 5.99. The number of hydrogen-bond acceptors (Lipinski definition) is 5. The fraction of sp³-hybridized carbons (Fsp3) is 0.0303. The SMILES string of the molecule is NC(=O)c1ccc(NC(=O)c2ccccc2)c(NCc2ccc(-c3ccccc3)cc2)c1S(=O)(=O)c1ccccc1. The van der Waals surface area contributed by atoms with Gasteiger partial charge in [0.15, 0.2) is 0 Å². The maximum absolute atomic E-state index is 13.9. The molecule has 0 aliphatic heterocycles. The lowest BCUT2D eigenvalue weighted by Crippen LogP contribution is -2.21. The second-order valence-corrected chi connectivity index (χ2v) is 11.2. The standard InChI is InChI=1S/C33H27N3O4S/c34-32(37)28-20-21-29(36-33(38)26-12-6-2-7-13-26)30(31(28)41(39,40)27-14-8-3-9-15-27)35-22-23-16-18-25(19-17-23)24-10-4-1-5-11-24/h1-21,35H,22H2,(H2,34,37)(H,36,38). The van der Waals surface area contributed by atoms with Crippen LogP contribution >= 0.6 is 0 Å². The average molecular weight is 562 g/mol. The van der Waals surface area contributed by atoms with Crippen molar-refractivity contribution >= 4 is 33.0 Å². The van der Waals surface area contributed by atoms with Gasteiger partial charge in [-0.3, -0.25) is 9.59 Å². The number of primary amides is 1. The fourth-order valence-corrected chi connectivity index (χ4v) is 6.13. The molecule has 204 valence electrons. The van der Waals surface area contributed by atoms with Crippen LogP contribution in [0.2, 0.25) is 0 Å². The van der Waals surface area contributed by atoms with Crippen LogP contribution in [0.5, 0.6) is 0 Å². The van der Waals surface area contributed by atoms with Gasteiger partial charge in [0.05, 0.1) is 21.8 Å². The molecule has 0 fully saturated rings. The number of carbonyl (C=O) groups excluding carboxylic acids is 2. The Balaban J connectivity index is 1.58. The molecule has 0 unspecified atom stereocenters. The molecule has 5 aromatic rings. The van der Waals surface area contributed by atoms with E-state index in [9.17, 15) is 18.0 Å². The summed E-state index contributed by atoms with van der Waals surface area (Å²) in [7, 11) is -4.23. The van der Waals surface area contributed by atoms with Crippen LogP contribution in [0.4, 0.5) is 11.4 Å². The molecular weight excluding hydrogens is 534 g/mol. The molecule has 0 aliphatic rings. The number of amides is 2. The zero-order chi connectivity index (χ0) is 28.8. The van der Waals surface area contributed by atoms with Crippen molar-refractivity contribution in [3.8, 4) is 11.1 Å². The molecule has 0 atom stereocenters. The molecule has 0 heterocycles. The highest BCUT2D eigenvalue weighted by Crippen LogP contribution is 2.37. The van der Waals surface area contributed by atoms with Gasteiger partial charge in [-0.25, -0.2) is 8.42 Å². The van der Waals surface area contributed by atoms with Crippen LogP contribution in [-0.2, 0) is 16.4 Å². The maximum Gasteiger partial charge on any atom is 0.255 e. The van der Waals surface area contributed by atoms with Crippen molar-refractivity contribution in [3.63, 3.8) is 0 Å². The zero-order valence-electron chi connectivity index (χ0n) is 22.0.